The van der Waals surface area contributed by atoms with E-state index in [1.165, 1.54) is 18.2 Å². The number of ether oxygens (including phenoxy) is 2. The second-order valence-electron chi connectivity index (χ2n) is 9.04. The van der Waals surface area contributed by atoms with Gasteiger partial charge in [0.05, 0.1) is 31.0 Å². The van der Waals surface area contributed by atoms with Gasteiger partial charge in [-0.2, -0.15) is 13.2 Å². The third kappa shape index (κ3) is 8.18. The Morgan fingerprint density at radius 3 is 2.75 bits per heavy atom. The molecule has 1 saturated heterocycles. The highest BCUT2D eigenvalue weighted by atomic mass is 19.4. The number of benzene rings is 2. The SMILES string of the molecule is CCOC(=O)/C=C/c1ccccc1[C@@H](C)OC[C@H](O)CN1CCC[C@H]1Cc1cccc(C(F)(F)F)c1. The molecule has 5 nitrogen and oxygen atoms in total. The summed E-state index contributed by atoms with van der Waals surface area (Å²) in [5, 5.41) is 10.7. The van der Waals surface area contributed by atoms with E-state index in [1.807, 2.05) is 31.2 Å². The first-order chi connectivity index (χ1) is 17.2. The van der Waals surface area contributed by atoms with Gasteiger partial charge in [-0.15, -0.1) is 0 Å². The van der Waals surface area contributed by atoms with E-state index < -0.39 is 23.8 Å². The van der Waals surface area contributed by atoms with Gasteiger partial charge in [0.2, 0.25) is 0 Å². The molecule has 1 fully saturated rings. The number of alkyl halides is 3. The second-order valence-corrected chi connectivity index (χ2v) is 9.04. The van der Waals surface area contributed by atoms with E-state index in [2.05, 4.69) is 4.90 Å². The molecule has 8 heteroatoms. The van der Waals surface area contributed by atoms with Gasteiger partial charge in [-0.3, -0.25) is 4.90 Å². The summed E-state index contributed by atoms with van der Waals surface area (Å²) in [6.07, 6.45) is -0.0296. The zero-order valence-electron chi connectivity index (χ0n) is 20.7. The first-order valence-electron chi connectivity index (χ1n) is 12.3. The minimum Gasteiger partial charge on any atom is -0.463 e. The lowest BCUT2D eigenvalue weighted by Gasteiger charge is -2.28. The fourth-order valence-electron chi connectivity index (χ4n) is 4.56. The Bertz CT molecular complexity index is 1020. The van der Waals surface area contributed by atoms with Crippen LogP contribution >= 0.6 is 0 Å². The molecule has 3 atom stereocenters. The van der Waals surface area contributed by atoms with Crippen LogP contribution in [0, 0.1) is 0 Å². The maximum atomic E-state index is 13.1. The molecule has 0 amide bonds. The van der Waals surface area contributed by atoms with E-state index >= 15 is 0 Å². The molecule has 0 saturated carbocycles. The number of β-amino-alcohol motifs (C(OH)–C–C–N with tert-alkyl or cyclic N) is 1. The van der Waals surface area contributed by atoms with Crippen LogP contribution in [0.25, 0.3) is 6.08 Å². The number of carbonyl (C=O) groups excluding carboxylic acids is 1. The maximum absolute atomic E-state index is 13.1. The summed E-state index contributed by atoms with van der Waals surface area (Å²) in [7, 11) is 0. The number of likely N-dealkylation sites (tertiary alicyclic amines) is 1. The van der Waals surface area contributed by atoms with E-state index in [1.54, 1.807) is 19.1 Å². The van der Waals surface area contributed by atoms with Crippen LogP contribution in [0.5, 0.6) is 0 Å². The lowest BCUT2D eigenvalue weighted by molar-refractivity contribution is -0.138. The normalized spacial score (nSPS) is 18.4. The number of esters is 1. The van der Waals surface area contributed by atoms with Crippen LogP contribution in [0.2, 0.25) is 0 Å². The van der Waals surface area contributed by atoms with E-state index in [0.717, 1.165) is 36.6 Å². The summed E-state index contributed by atoms with van der Waals surface area (Å²) in [5.41, 5.74) is 1.72. The van der Waals surface area contributed by atoms with E-state index in [4.69, 9.17) is 9.47 Å². The van der Waals surface area contributed by atoms with Crippen LogP contribution in [0.15, 0.2) is 54.6 Å². The van der Waals surface area contributed by atoms with Gasteiger partial charge >= 0.3 is 12.1 Å². The molecule has 0 unspecified atom stereocenters. The van der Waals surface area contributed by atoms with Gasteiger partial charge in [0.15, 0.2) is 0 Å². The van der Waals surface area contributed by atoms with Crippen LogP contribution < -0.4 is 0 Å². The van der Waals surface area contributed by atoms with Crippen molar-refractivity contribution in [2.24, 2.45) is 0 Å². The molecule has 0 bridgehead atoms. The van der Waals surface area contributed by atoms with Crippen molar-refractivity contribution < 1.29 is 32.5 Å². The van der Waals surface area contributed by atoms with Crippen LogP contribution in [0.1, 0.15) is 55.0 Å². The minimum atomic E-state index is -4.36. The van der Waals surface area contributed by atoms with Crippen molar-refractivity contribution >= 4 is 12.0 Å². The number of aliphatic hydroxyl groups excluding tert-OH is 1. The minimum absolute atomic E-state index is 0.0781. The van der Waals surface area contributed by atoms with Gasteiger partial charge < -0.3 is 14.6 Å². The number of hydrogen-bond donors (Lipinski definition) is 1. The summed E-state index contributed by atoms with van der Waals surface area (Å²) in [4.78, 5) is 13.8. The van der Waals surface area contributed by atoms with Crippen molar-refractivity contribution in [3.8, 4) is 0 Å². The molecule has 0 aliphatic carbocycles. The molecule has 1 aliphatic rings. The standard InChI is InChI=1S/C28H34F3NO4/c1-3-35-27(34)14-13-22-9-4-5-12-26(22)20(2)36-19-25(33)18-32-15-7-11-24(32)17-21-8-6-10-23(16-21)28(29,30)31/h4-6,8-10,12-14,16,20,24-25,33H,3,7,11,15,17-19H2,1-2H3/b14-13+/t20-,24+,25-/m1/s1. The zero-order valence-corrected chi connectivity index (χ0v) is 20.7. The average Bonchev–Trinajstić information content (AvgIpc) is 3.27. The quantitative estimate of drug-likeness (QED) is 0.326. The molecule has 2 aromatic rings. The van der Waals surface area contributed by atoms with Gasteiger partial charge in [-0.1, -0.05) is 42.5 Å². The Hall–Kier alpha value is -2.68. The fraction of sp³-hybridized carbons (Fsp3) is 0.464. The van der Waals surface area contributed by atoms with Gasteiger partial charge in [0, 0.05) is 18.7 Å². The molecular formula is C28H34F3NO4. The van der Waals surface area contributed by atoms with Crippen molar-refractivity contribution in [3.63, 3.8) is 0 Å². The molecule has 36 heavy (non-hydrogen) atoms. The summed E-state index contributed by atoms with van der Waals surface area (Å²) < 4.78 is 50.0. The molecule has 1 N–H and O–H groups in total. The molecule has 1 heterocycles. The summed E-state index contributed by atoms with van der Waals surface area (Å²) in [6, 6.07) is 13.1. The average molecular weight is 506 g/mol. The number of rotatable bonds is 11. The van der Waals surface area contributed by atoms with Crippen LogP contribution in [-0.2, 0) is 26.9 Å². The van der Waals surface area contributed by atoms with Crippen LogP contribution in [-0.4, -0.2) is 54.4 Å². The second kappa shape index (κ2) is 13.0. The van der Waals surface area contributed by atoms with Gasteiger partial charge in [-0.25, -0.2) is 4.79 Å². The van der Waals surface area contributed by atoms with Crippen molar-refractivity contribution in [2.45, 2.75) is 57.5 Å². The molecule has 2 aromatic carbocycles. The molecule has 0 aromatic heterocycles. The fourth-order valence-corrected chi connectivity index (χ4v) is 4.56. The molecule has 1 aliphatic heterocycles. The monoisotopic (exact) mass is 505 g/mol. The Morgan fingerprint density at radius 1 is 1.22 bits per heavy atom. The predicted octanol–water partition coefficient (Wildman–Crippen LogP) is 5.43. The first-order valence-corrected chi connectivity index (χ1v) is 12.3. The smallest absolute Gasteiger partial charge is 0.416 e. The molecule has 0 spiro atoms. The summed E-state index contributed by atoms with van der Waals surface area (Å²) >= 11 is 0. The van der Waals surface area contributed by atoms with E-state index in [9.17, 15) is 23.1 Å². The summed E-state index contributed by atoms with van der Waals surface area (Å²) in [5.74, 6) is -0.415. The summed E-state index contributed by atoms with van der Waals surface area (Å²) in [6.45, 7) is 5.23. The van der Waals surface area contributed by atoms with Gasteiger partial charge in [-0.05, 0) is 68.5 Å². The van der Waals surface area contributed by atoms with Gasteiger partial charge in [0.25, 0.3) is 0 Å². The van der Waals surface area contributed by atoms with Crippen molar-refractivity contribution in [3.05, 3.63) is 76.9 Å². The molecule has 0 radical (unpaired) electrons. The number of nitrogens with zero attached hydrogens (tertiary/aromatic N) is 1. The lowest BCUT2D eigenvalue weighted by Crippen LogP contribution is -2.39. The third-order valence-electron chi connectivity index (χ3n) is 6.33. The first kappa shape index (κ1) is 27.9. The Morgan fingerprint density at radius 2 is 2.00 bits per heavy atom. The highest BCUT2D eigenvalue weighted by Crippen LogP contribution is 2.31. The van der Waals surface area contributed by atoms with Crippen molar-refractivity contribution in [1.29, 1.82) is 0 Å². The topological polar surface area (TPSA) is 59.0 Å². The zero-order chi connectivity index (χ0) is 26.1. The number of hydrogen-bond acceptors (Lipinski definition) is 5. The Labute approximate surface area is 210 Å². The molecule has 196 valence electrons. The lowest BCUT2D eigenvalue weighted by atomic mass is 10.0. The number of aliphatic hydroxyl groups is 1. The third-order valence-corrected chi connectivity index (χ3v) is 6.33. The Balaban J connectivity index is 1.54. The molecular weight excluding hydrogens is 471 g/mol. The predicted molar refractivity (Wildman–Crippen MR) is 132 cm³/mol. The van der Waals surface area contributed by atoms with E-state index in [0.29, 0.717) is 25.1 Å². The number of halogens is 3. The molecule has 3 rings (SSSR count). The highest BCUT2D eigenvalue weighted by Gasteiger charge is 2.31. The van der Waals surface area contributed by atoms with Crippen LogP contribution in [0.3, 0.4) is 0 Å². The van der Waals surface area contributed by atoms with Crippen molar-refractivity contribution in [1.82, 2.24) is 4.90 Å². The van der Waals surface area contributed by atoms with E-state index in [-0.39, 0.29) is 18.8 Å². The number of carbonyl (C=O) groups is 1. The van der Waals surface area contributed by atoms with Crippen molar-refractivity contribution in [2.75, 3.05) is 26.3 Å². The highest BCUT2D eigenvalue weighted by molar-refractivity contribution is 5.87. The Kier molecular flexibility index (Phi) is 10.1. The maximum Gasteiger partial charge on any atom is 0.416 e. The largest absolute Gasteiger partial charge is 0.463 e. The van der Waals surface area contributed by atoms with Crippen LogP contribution in [0.4, 0.5) is 13.2 Å². The van der Waals surface area contributed by atoms with Gasteiger partial charge in [0.1, 0.15) is 0 Å².